The second-order valence-corrected chi connectivity index (χ2v) is 4.86. The molecular formula is C16H21N3O. The molecule has 0 aliphatic rings. The summed E-state index contributed by atoms with van der Waals surface area (Å²) in [5.74, 6) is 1.70. The van der Waals surface area contributed by atoms with E-state index < -0.39 is 0 Å². The zero-order valence-corrected chi connectivity index (χ0v) is 12.3. The Morgan fingerprint density at radius 3 is 2.45 bits per heavy atom. The van der Waals surface area contributed by atoms with Crippen LogP contribution in [0.25, 0.3) is 0 Å². The van der Waals surface area contributed by atoms with Gasteiger partial charge in [-0.2, -0.15) is 0 Å². The lowest BCUT2D eigenvalue weighted by atomic mass is 10.1. The van der Waals surface area contributed by atoms with Gasteiger partial charge in [-0.15, -0.1) is 0 Å². The predicted octanol–water partition coefficient (Wildman–Crippen LogP) is 2.19. The maximum Gasteiger partial charge on any atom is 0.133 e. The summed E-state index contributed by atoms with van der Waals surface area (Å²) in [4.78, 5) is 9.19. The molecule has 1 aromatic carbocycles. The van der Waals surface area contributed by atoms with Crippen molar-refractivity contribution in [3.8, 4) is 5.75 Å². The Morgan fingerprint density at radius 1 is 1.15 bits per heavy atom. The molecule has 0 aliphatic heterocycles. The zero-order chi connectivity index (χ0) is 14.5. The Balaban J connectivity index is 2.25. The molecule has 0 atom stereocenters. The third kappa shape index (κ3) is 3.33. The van der Waals surface area contributed by atoms with E-state index in [-0.39, 0.29) is 0 Å². The van der Waals surface area contributed by atoms with Crippen molar-refractivity contribution in [2.75, 3.05) is 13.7 Å². The van der Waals surface area contributed by atoms with Crippen LogP contribution in [0.15, 0.2) is 24.3 Å². The van der Waals surface area contributed by atoms with E-state index in [2.05, 4.69) is 16.0 Å². The van der Waals surface area contributed by atoms with Crippen LogP contribution in [-0.4, -0.2) is 23.6 Å². The van der Waals surface area contributed by atoms with Gasteiger partial charge in [0.2, 0.25) is 0 Å². The van der Waals surface area contributed by atoms with E-state index in [9.17, 15) is 0 Å². The minimum absolute atomic E-state index is 0.625. The molecular weight excluding hydrogens is 250 g/mol. The fourth-order valence-electron chi connectivity index (χ4n) is 2.36. The number of ether oxygens (including phenoxy) is 1. The maximum atomic E-state index is 5.62. The SMILES string of the molecule is COc1cccc(Cc2nc(C)c(CCN)c(C)n2)c1. The van der Waals surface area contributed by atoms with Crippen molar-refractivity contribution in [3.05, 3.63) is 52.6 Å². The van der Waals surface area contributed by atoms with E-state index in [1.807, 2.05) is 32.0 Å². The van der Waals surface area contributed by atoms with Gasteiger partial charge in [-0.3, -0.25) is 0 Å². The summed E-state index contributed by atoms with van der Waals surface area (Å²) in [6.07, 6.45) is 1.54. The van der Waals surface area contributed by atoms with E-state index in [0.29, 0.717) is 13.0 Å². The van der Waals surface area contributed by atoms with Crippen LogP contribution < -0.4 is 10.5 Å². The van der Waals surface area contributed by atoms with Gasteiger partial charge in [0.15, 0.2) is 0 Å². The third-order valence-corrected chi connectivity index (χ3v) is 3.36. The number of aromatic nitrogens is 2. The first-order valence-electron chi connectivity index (χ1n) is 6.80. The summed E-state index contributed by atoms with van der Waals surface area (Å²) < 4.78 is 5.24. The number of hydrogen-bond donors (Lipinski definition) is 1. The molecule has 0 amide bonds. The van der Waals surface area contributed by atoms with Crippen LogP contribution in [0, 0.1) is 13.8 Å². The molecule has 0 unspecified atom stereocenters. The van der Waals surface area contributed by atoms with Crippen LogP contribution in [0.5, 0.6) is 5.75 Å². The molecule has 0 radical (unpaired) electrons. The molecule has 106 valence electrons. The highest BCUT2D eigenvalue weighted by molar-refractivity contribution is 5.31. The van der Waals surface area contributed by atoms with Gasteiger partial charge in [0, 0.05) is 17.8 Å². The van der Waals surface area contributed by atoms with Crippen molar-refractivity contribution in [2.45, 2.75) is 26.7 Å². The third-order valence-electron chi connectivity index (χ3n) is 3.36. The second kappa shape index (κ2) is 6.48. The molecule has 1 aromatic heterocycles. The molecule has 0 saturated heterocycles. The lowest BCUT2D eigenvalue weighted by molar-refractivity contribution is 0.414. The average molecular weight is 271 g/mol. The molecule has 2 N–H and O–H groups in total. The number of rotatable bonds is 5. The predicted molar refractivity (Wildman–Crippen MR) is 80.1 cm³/mol. The van der Waals surface area contributed by atoms with Crippen LogP contribution in [0.2, 0.25) is 0 Å². The smallest absolute Gasteiger partial charge is 0.133 e. The molecule has 2 rings (SSSR count). The number of nitrogens with zero attached hydrogens (tertiary/aromatic N) is 2. The van der Waals surface area contributed by atoms with Crippen molar-refractivity contribution >= 4 is 0 Å². The Morgan fingerprint density at radius 2 is 1.85 bits per heavy atom. The van der Waals surface area contributed by atoms with Gasteiger partial charge < -0.3 is 10.5 Å². The quantitative estimate of drug-likeness (QED) is 0.905. The van der Waals surface area contributed by atoms with Crippen molar-refractivity contribution < 1.29 is 4.74 Å². The molecule has 0 aliphatic carbocycles. The largest absolute Gasteiger partial charge is 0.497 e. The summed E-state index contributed by atoms with van der Waals surface area (Å²) in [5, 5.41) is 0. The highest BCUT2D eigenvalue weighted by atomic mass is 16.5. The molecule has 1 heterocycles. The summed E-state index contributed by atoms with van der Waals surface area (Å²) >= 11 is 0. The summed E-state index contributed by atoms with van der Waals surface area (Å²) in [6, 6.07) is 7.99. The minimum Gasteiger partial charge on any atom is -0.497 e. The molecule has 0 spiro atoms. The molecule has 0 saturated carbocycles. The van der Waals surface area contributed by atoms with Crippen molar-refractivity contribution in [1.82, 2.24) is 9.97 Å². The van der Waals surface area contributed by atoms with Gasteiger partial charge in [0.05, 0.1) is 7.11 Å². The maximum absolute atomic E-state index is 5.62. The average Bonchev–Trinajstić information content (AvgIpc) is 2.43. The summed E-state index contributed by atoms with van der Waals surface area (Å²) in [7, 11) is 1.67. The van der Waals surface area contributed by atoms with Crippen LogP contribution >= 0.6 is 0 Å². The Labute approximate surface area is 120 Å². The lowest BCUT2D eigenvalue weighted by Crippen LogP contribution is -2.10. The van der Waals surface area contributed by atoms with Gasteiger partial charge in [-0.25, -0.2) is 9.97 Å². The number of aryl methyl sites for hydroxylation is 2. The summed E-state index contributed by atoms with van der Waals surface area (Å²) in [5.41, 5.74) is 10.00. The van der Waals surface area contributed by atoms with E-state index in [1.54, 1.807) is 7.11 Å². The van der Waals surface area contributed by atoms with Crippen molar-refractivity contribution in [3.63, 3.8) is 0 Å². The van der Waals surface area contributed by atoms with Gasteiger partial charge in [-0.05, 0) is 50.1 Å². The number of benzene rings is 1. The molecule has 20 heavy (non-hydrogen) atoms. The highest BCUT2D eigenvalue weighted by Gasteiger charge is 2.08. The van der Waals surface area contributed by atoms with Gasteiger partial charge >= 0.3 is 0 Å². The summed E-state index contributed by atoms with van der Waals surface area (Å²) in [6.45, 7) is 4.67. The highest BCUT2D eigenvalue weighted by Crippen LogP contribution is 2.16. The molecule has 4 nitrogen and oxygen atoms in total. The van der Waals surface area contributed by atoms with Gasteiger partial charge in [-0.1, -0.05) is 12.1 Å². The van der Waals surface area contributed by atoms with E-state index in [4.69, 9.17) is 10.5 Å². The number of hydrogen-bond acceptors (Lipinski definition) is 4. The van der Waals surface area contributed by atoms with Crippen LogP contribution in [-0.2, 0) is 12.8 Å². The minimum atomic E-state index is 0.625. The van der Waals surface area contributed by atoms with E-state index in [1.165, 1.54) is 5.56 Å². The number of nitrogens with two attached hydrogens (primary N) is 1. The Kier molecular flexibility index (Phi) is 4.69. The topological polar surface area (TPSA) is 61.0 Å². The van der Waals surface area contributed by atoms with Gasteiger partial charge in [0.1, 0.15) is 11.6 Å². The fraction of sp³-hybridized carbons (Fsp3) is 0.375. The fourth-order valence-corrected chi connectivity index (χ4v) is 2.36. The zero-order valence-electron chi connectivity index (χ0n) is 12.3. The standard InChI is InChI=1S/C16H21N3O/c1-11-15(7-8-17)12(2)19-16(18-11)10-13-5-4-6-14(9-13)20-3/h4-6,9H,7-8,10,17H2,1-3H3. The van der Waals surface area contributed by atoms with Gasteiger partial charge in [0.25, 0.3) is 0 Å². The Hall–Kier alpha value is -1.94. The molecule has 0 bridgehead atoms. The number of methoxy groups -OCH3 is 1. The van der Waals surface area contributed by atoms with Crippen LogP contribution in [0.1, 0.15) is 28.3 Å². The first-order chi connectivity index (χ1) is 9.63. The normalized spacial score (nSPS) is 10.6. The van der Waals surface area contributed by atoms with Crippen LogP contribution in [0.3, 0.4) is 0 Å². The first-order valence-corrected chi connectivity index (χ1v) is 6.80. The lowest BCUT2D eigenvalue weighted by Gasteiger charge is -2.10. The molecule has 2 aromatic rings. The van der Waals surface area contributed by atoms with E-state index in [0.717, 1.165) is 34.9 Å². The van der Waals surface area contributed by atoms with Crippen molar-refractivity contribution in [1.29, 1.82) is 0 Å². The second-order valence-electron chi connectivity index (χ2n) is 4.86. The van der Waals surface area contributed by atoms with Crippen molar-refractivity contribution in [2.24, 2.45) is 5.73 Å². The monoisotopic (exact) mass is 271 g/mol. The van der Waals surface area contributed by atoms with E-state index >= 15 is 0 Å². The first kappa shape index (κ1) is 14.5. The molecule has 4 heteroatoms. The van der Waals surface area contributed by atoms with Crippen LogP contribution in [0.4, 0.5) is 0 Å². The molecule has 0 fully saturated rings. The Bertz CT molecular complexity index is 573.